The summed E-state index contributed by atoms with van der Waals surface area (Å²) in [5, 5.41) is 20.2. The van der Waals surface area contributed by atoms with Crippen molar-refractivity contribution in [3.63, 3.8) is 0 Å². The van der Waals surface area contributed by atoms with Crippen LogP contribution in [-0.2, 0) is 27.4 Å². The molecule has 0 heterocycles. The third-order valence-corrected chi connectivity index (χ3v) is 4.07. The molecule has 0 aliphatic rings. The Bertz CT molecular complexity index is 809. The van der Waals surface area contributed by atoms with Crippen molar-refractivity contribution in [3.05, 3.63) is 74.8 Å². The first-order chi connectivity index (χ1) is 12.4. The van der Waals surface area contributed by atoms with Gasteiger partial charge in [-0.05, 0) is 17.5 Å². The summed E-state index contributed by atoms with van der Waals surface area (Å²) in [6.07, 6.45) is -0.359. The Morgan fingerprint density at radius 1 is 1.19 bits per heavy atom. The zero-order valence-electron chi connectivity index (χ0n) is 13.6. The third kappa shape index (κ3) is 5.56. The molecule has 0 aliphatic heterocycles. The first-order valence-electron chi connectivity index (χ1n) is 7.72. The number of nitro benzene ring substituents is 1. The van der Waals surface area contributed by atoms with Crippen molar-refractivity contribution in [2.24, 2.45) is 5.92 Å². The van der Waals surface area contributed by atoms with Crippen LogP contribution in [0.15, 0.2) is 48.5 Å². The smallest absolute Gasteiger partial charge is 0.307 e. The second-order valence-corrected chi connectivity index (χ2v) is 6.03. The van der Waals surface area contributed by atoms with Crippen LogP contribution in [0.2, 0.25) is 5.02 Å². The number of carbonyl (C=O) groups is 2. The van der Waals surface area contributed by atoms with Crippen LogP contribution < -0.4 is 0 Å². The van der Waals surface area contributed by atoms with Crippen LogP contribution in [0, 0.1) is 16.0 Å². The molecule has 0 amide bonds. The summed E-state index contributed by atoms with van der Waals surface area (Å²) in [4.78, 5) is 33.5. The van der Waals surface area contributed by atoms with Gasteiger partial charge in [-0.3, -0.25) is 19.7 Å². The zero-order valence-corrected chi connectivity index (χ0v) is 14.4. The average Bonchev–Trinajstić information content (AvgIpc) is 2.61. The SMILES string of the molecule is O=C(CC(Cc1ccc([N+](=O)[O-])cc1Cl)C(=O)O)OCc1ccccc1. The Morgan fingerprint density at radius 3 is 2.46 bits per heavy atom. The Labute approximate surface area is 154 Å². The first kappa shape index (κ1) is 19.4. The molecule has 0 spiro atoms. The summed E-state index contributed by atoms with van der Waals surface area (Å²) in [6.45, 7) is 0.0598. The van der Waals surface area contributed by atoms with Crippen LogP contribution in [0.3, 0.4) is 0 Å². The van der Waals surface area contributed by atoms with Gasteiger partial charge in [0.2, 0.25) is 0 Å². The van der Waals surface area contributed by atoms with E-state index in [1.807, 2.05) is 6.07 Å². The van der Waals surface area contributed by atoms with Crippen LogP contribution in [0.25, 0.3) is 0 Å². The lowest BCUT2D eigenvalue weighted by atomic mass is 9.96. The van der Waals surface area contributed by atoms with Gasteiger partial charge in [-0.25, -0.2) is 0 Å². The second kappa shape index (κ2) is 8.96. The molecular weight excluding hydrogens is 362 g/mol. The number of non-ortho nitro benzene ring substituents is 1. The molecule has 2 aromatic rings. The molecule has 0 fully saturated rings. The molecular formula is C18H16ClNO6. The molecule has 8 heteroatoms. The highest BCUT2D eigenvalue weighted by molar-refractivity contribution is 6.31. The van der Waals surface area contributed by atoms with Gasteiger partial charge in [-0.2, -0.15) is 0 Å². The summed E-state index contributed by atoms with van der Waals surface area (Å²) < 4.78 is 5.10. The third-order valence-electron chi connectivity index (χ3n) is 3.72. The normalized spacial score (nSPS) is 11.6. The molecule has 136 valence electrons. The van der Waals surface area contributed by atoms with Crippen LogP contribution in [0.1, 0.15) is 17.5 Å². The number of benzene rings is 2. The van der Waals surface area contributed by atoms with Crippen LogP contribution >= 0.6 is 11.6 Å². The number of carbonyl (C=O) groups excluding carboxylic acids is 1. The van der Waals surface area contributed by atoms with E-state index in [2.05, 4.69) is 0 Å². The number of nitrogens with zero attached hydrogens (tertiary/aromatic N) is 1. The number of halogens is 1. The lowest BCUT2D eigenvalue weighted by molar-refractivity contribution is -0.384. The van der Waals surface area contributed by atoms with Gasteiger partial charge in [0.1, 0.15) is 6.61 Å². The van der Waals surface area contributed by atoms with E-state index < -0.39 is 22.8 Å². The minimum absolute atomic E-state index is 0.0351. The Kier molecular flexibility index (Phi) is 6.68. The summed E-state index contributed by atoms with van der Waals surface area (Å²) in [6, 6.07) is 12.8. The fraction of sp³-hybridized carbons (Fsp3) is 0.222. The summed E-state index contributed by atoms with van der Waals surface area (Å²) in [5.74, 6) is -2.85. The number of carboxylic acids is 1. The maximum absolute atomic E-state index is 11.9. The Morgan fingerprint density at radius 2 is 1.88 bits per heavy atom. The van der Waals surface area contributed by atoms with Crippen LogP contribution in [-0.4, -0.2) is 22.0 Å². The van der Waals surface area contributed by atoms with E-state index in [9.17, 15) is 24.8 Å². The molecule has 1 unspecified atom stereocenters. The predicted molar refractivity (Wildman–Crippen MR) is 93.8 cm³/mol. The summed E-state index contributed by atoms with van der Waals surface area (Å²) >= 11 is 5.99. The van der Waals surface area contributed by atoms with Crippen molar-refractivity contribution < 1.29 is 24.4 Å². The number of aliphatic carboxylic acids is 1. The number of hydrogen-bond donors (Lipinski definition) is 1. The van der Waals surface area contributed by atoms with Gasteiger partial charge in [0.25, 0.3) is 5.69 Å². The van der Waals surface area contributed by atoms with Gasteiger partial charge in [0.15, 0.2) is 0 Å². The highest BCUT2D eigenvalue weighted by Gasteiger charge is 2.24. The van der Waals surface area contributed by atoms with E-state index in [1.165, 1.54) is 12.1 Å². The van der Waals surface area contributed by atoms with Crippen LogP contribution in [0.4, 0.5) is 5.69 Å². The number of nitro groups is 1. The molecule has 7 nitrogen and oxygen atoms in total. The number of hydrogen-bond acceptors (Lipinski definition) is 5. The van der Waals surface area contributed by atoms with Gasteiger partial charge in [-0.1, -0.05) is 48.0 Å². The van der Waals surface area contributed by atoms with Crippen molar-refractivity contribution in [1.82, 2.24) is 0 Å². The van der Waals surface area contributed by atoms with Crippen molar-refractivity contribution in [1.29, 1.82) is 0 Å². The first-order valence-corrected chi connectivity index (χ1v) is 8.09. The van der Waals surface area contributed by atoms with E-state index in [-0.39, 0.29) is 30.2 Å². The lowest BCUT2D eigenvalue weighted by Crippen LogP contribution is -2.21. The highest BCUT2D eigenvalue weighted by Crippen LogP contribution is 2.26. The molecule has 0 saturated carbocycles. The van der Waals surface area contributed by atoms with Gasteiger partial charge in [-0.15, -0.1) is 0 Å². The molecule has 0 radical (unpaired) electrons. The van der Waals surface area contributed by atoms with Crippen molar-refractivity contribution in [3.8, 4) is 0 Å². The molecule has 0 saturated heterocycles. The largest absolute Gasteiger partial charge is 0.481 e. The average molecular weight is 378 g/mol. The van der Waals surface area contributed by atoms with Crippen molar-refractivity contribution >= 4 is 29.2 Å². The minimum atomic E-state index is -1.17. The van der Waals surface area contributed by atoms with Crippen LogP contribution in [0.5, 0.6) is 0 Å². The topological polar surface area (TPSA) is 107 Å². The molecule has 1 N–H and O–H groups in total. The number of carboxylic acid groups (broad SMARTS) is 1. The summed E-state index contributed by atoms with van der Waals surface area (Å²) in [7, 11) is 0. The quantitative estimate of drug-likeness (QED) is 0.427. The van der Waals surface area contributed by atoms with E-state index in [0.29, 0.717) is 5.56 Å². The van der Waals surface area contributed by atoms with Crippen molar-refractivity contribution in [2.45, 2.75) is 19.4 Å². The van der Waals surface area contributed by atoms with Gasteiger partial charge >= 0.3 is 11.9 Å². The zero-order chi connectivity index (χ0) is 19.1. The molecule has 2 aromatic carbocycles. The Balaban J connectivity index is 1.99. The monoisotopic (exact) mass is 377 g/mol. The summed E-state index contributed by atoms with van der Waals surface area (Å²) in [5.41, 5.74) is 1.03. The maximum atomic E-state index is 11.9. The Hall–Kier alpha value is -2.93. The van der Waals surface area contributed by atoms with Gasteiger partial charge in [0, 0.05) is 12.1 Å². The van der Waals surface area contributed by atoms with Gasteiger partial charge in [0.05, 0.1) is 22.3 Å². The molecule has 26 heavy (non-hydrogen) atoms. The number of esters is 1. The molecule has 2 rings (SSSR count). The lowest BCUT2D eigenvalue weighted by Gasteiger charge is -2.13. The van der Waals surface area contributed by atoms with Gasteiger partial charge < -0.3 is 9.84 Å². The standard InChI is InChI=1S/C18H16ClNO6/c19-16-10-15(20(24)25)7-6-13(16)8-14(18(22)23)9-17(21)26-11-12-4-2-1-3-5-12/h1-7,10,14H,8-9,11H2,(H,22,23). The van der Waals surface area contributed by atoms with E-state index in [4.69, 9.17) is 16.3 Å². The maximum Gasteiger partial charge on any atom is 0.307 e. The second-order valence-electron chi connectivity index (χ2n) is 5.62. The minimum Gasteiger partial charge on any atom is -0.481 e. The molecule has 1 atom stereocenters. The van der Waals surface area contributed by atoms with E-state index >= 15 is 0 Å². The number of ether oxygens (including phenoxy) is 1. The van der Waals surface area contributed by atoms with E-state index in [0.717, 1.165) is 11.6 Å². The highest BCUT2D eigenvalue weighted by atomic mass is 35.5. The fourth-order valence-corrected chi connectivity index (χ4v) is 2.58. The van der Waals surface area contributed by atoms with Crippen molar-refractivity contribution in [2.75, 3.05) is 0 Å². The molecule has 0 aromatic heterocycles. The fourth-order valence-electron chi connectivity index (χ4n) is 2.33. The molecule has 0 bridgehead atoms. The van der Waals surface area contributed by atoms with E-state index in [1.54, 1.807) is 24.3 Å². The number of rotatable bonds is 8. The predicted octanol–water partition coefficient (Wildman–Crippen LogP) is 3.63. The molecule has 0 aliphatic carbocycles.